The van der Waals surface area contributed by atoms with Gasteiger partial charge in [0, 0.05) is 17.7 Å². The summed E-state index contributed by atoms with van der Waals surface area (Å²) in [5.74, 6) is 1.44. The van der Waals surface area contributed by atoms with Gasteiger partial charge in [0.05, 0.1) is 11.2 Å². The fraction of sp³-hybridized carbons (Fsp3) is 0.556. The fourth-order valence-corrected chi connectivity index (χ4v) is 3.70. The molecule has 0 aromatic carbocycles. The Morgan fingerprint density at radius 2 is 2.09 bits per heavy atom. The van der Waals surface area contributed by atoms with E-state index in [1.54, 1.807) is 0 Å². The highest BCUT2D eigenvalue weighted by molar-refractivity contribution is 5.83. The number of rotatable bonds is 4. The lowest BCUT2D eigenvalue weighted by molar-refractivity contribution is -0.124. The van der Waals surface area contributed by atoms with Crippen molar-refractivity contribution in [2.75, 3.05) is 13.1 Å². The van der Waals surface area contributed by atoms with Crippen LogP contribution in [0.4, 0.5) is 0 Å². The van der Waals surface area contributed by atoms with Gasteiger partial charge in [-0.05, 0) is 64.3 Å². The number of pyridine rings is 1. The van der Waals surface area contributed by atoms with Crippen molar-refractivity contribution >= 4 is 12.0 Å². The summed E-state index contributed by atoms with van der Waals surface area (Å²) in [6.07, 6.45) is 5.91. The van der Waals surface area contributed by atoms with Crippen molar-refractivity contribution in [1.82, 2.24) is 15.6 Å². The molecule has 2 fully saturated rings. The lowest BCUT2D eigenvalue weighted by atomic mass is 9.92. The summed E-state index contributed by atoms with van der Waals surface area (Å²) in [7, 11) is 0. The lowest BCUT2D eigenvalue weighted by Gasteiger charge is -2.28. The molecule has 1 saturated carbocycles. The first-order valence-corrected chi connectivity index (χ1v) is 8.07. The minimum Gasteiger partial charge on any atom is -0.345 e. The van der Waals surface area contributed by atoms with Gasteiger partial charge < -0.3 is 10.6 Å². The average molecular weight is 299 g/mol. The molecule has 2 aliphatic rings. The molecule has 0 radical (unpaired) electrons. The van der Waals surface area contributed by atoms with Crippen molar-refractivity contribution in [3.8, 4) is 0 Å². The molecule has 1 aliphatic heterocycles. The predicted molar refractivity (Wildman–Crippen MR) is 88.2 cm³/mol. The van der Waals surface area contributed by atoms with E-state index < -0.39 is 5.54 Å². The molecule has 3 rings (SSSR count). The first-order valence-electron chi connectivity index (χ1n) is 8.07. The normalized spacial score (nSPS) is 27.0. The highest BCUT2D eigenvalue weighted by Gasteiger charge is 2.57. The molecule has 2 heterocycles. The van der Waals surface area contributed by atoms with Gasteiger partial charge in [-0.25, -0.2) is 0 Å². The van der Waals surface area contributed by atoms with Crippen LogP contribution in [-0.4, -0.2) is 24.0 Å². The van der Waals surface area contributed by atoms with Crippen LogP contribution in [0.15, 0.2) is 18.3 Å². The summed E-state index contributed by atoms with van der Waals surface area (Å²) in [5, 5.41) is 6.56. The topological polar surface area (TPSA) is 54.0 Å². The van der Waals surface area contributed by atoms with Crippen molar-refractivity contribution in [1.29, 1.82) is 0 Å². The van der Waals surface area contributed by atoms with E-state index >= 15 is 0 Å². The van der Waals surface area contributed by atoms with Crippen LogP contribution >= 0.6 is 0 Å². The summed E-state index contributed by atoms with van der Waals surface area (Å²) in [6.45, 7) is 10.1. The molecule has 2 N–H and O–H groups in total. The van der Waals surface area contributed by atoms with E-state index in [-0.39, 0.29) is 11.8 Å². The largest absolute Gasteiger partial charge is 0.345 e. The number of nitrogens with one attached hydrogen (secondary N) is 2. The smallest absolute Gasteiger partial charge is 0.224 e. The Morgan fingerprint density at radius 1 is 1.41 bits per heavy atom. The Balaban J connectivity index is 1.81. The van der Waals surface area contributed by atoms with Gasteiger partial charge in [0.2, 0.25) is 5.91 Å². The number of piperidine rings is 1. The molecule has 0 spiro atoms. The van der Waals surface area contributed by atoms with Crippen LogP contribution < -0.4 is 10.6 Å². The van der Waals surface area contributed by atoms with Gasteiger partial charge in [-0.1, -0.05) is 12.2 Å². The third-order valence-corrected chi connectivity index (χ3v) is 4.96. The first kappa shape index (κ1) is 15.2. The van der Waals surface area contributed by atoms with Gasteiger partial charge in [-0.3, -0.25) is 9.78 Å². The third kappa shape index (κ3) is 2.56. The summed E-state index contributed by atoms with van der Waals surface area (Å²) < 4.78 is 0. The molecule has 2 unspecified atom stereocenters. The molecule has 0 bridgehead atoms. The molecule has 118 valence electrons. The Morgan fingerprint density at radius 3 is 2.73 bits per heavy atom. The van der Waals surface area contributed by atoms with Crippen LogP contribution in [0.1, 0.15) is 37.6 Å². The molecular weight excluding hydrogens is 274 g/mol. The number of hydrogen-bond acceptors (Lipinski definition) is 3. The molecule has 1 saturated heterocycles. The van der Waals surface area contributed by atoms with Crippen molar-refractivity contribution in [3.05, 3.63) is 35.2 Å². The van der Waals surface area contributed by atoms with Gasteiger partial charge in [0.25, 0.3) is 0 Å². The van der Waals surface area contributed by atoms with E-state index in [1.807, 2.05) is 39.1 Å². The van der Waals surface area contributed by atoms with Crippen molar-refractivity contribution in [2.45, 2.75) is 33.2 Å². The fourth-order valence-electron chi connectivity index (χ4n) is 3.70. The number of fused-ring (bicyclic) bond motifs is 1. The molecule has 1 aromatic rings. The van der Waals surface area contributed by atoms with Crippen LogP contribution in [0.3, 0.4) is 0 Å². The van der Waals surface area contributed by atoms with E-state index in [1.165, 1.54) is 5.56 Å². The first-order chi connectivity index (χ1) is 10.5. The number of aryl methyl sites for hydroxylation is 1. The van der Waals surface area contributed by atoms with Gasteiger partial charge in [0.15, 0.2) is 0 Å². The zero-order chi connectivity index (χ0) is 15.9. The van der Waals surface area contributed by atoms with Gasteiger partial charge >= 0.3 is 0 Å². The zero-order valence-corrected chi connectivity index (χ0v) is 13.8. The highest BCUT2D eigenvalue weighted by atomic mass is 16.2. The molecular formula is C18H25N3O. The van der Waals surface area contributed by atoms with E-state index in [4.69, 9.17) is 0 Å². The molecule has 4 nitrogen and oxygen atoms in total. The number of allylic oxidation sites excluding steroid dienone is 1. The maximum Gasteiger partial charge on any atom is 0.224 e. The maximum atomic E-state index is 12.6. The molecule has 22 heavy (non-hydrogen) atoms. The Hall–Kier alpha value is -1.68. The van der Waals surface area contributed by atoms with E-state index in [0.29, 0.717) is 11.8 Å². The summed E-state index contributed by atoms with van der Waals surface area (Å²) >= 11 is 0. The molecule has 4 heteroatoms. The molecule has 1 aliphatic carbocycles. The lowest BCUT2D eigenvalue weighted by Crippen LogP contribution is -2.44. The monoisotopic (exact) mass is 299 g/mol. The average Bonchev–Trinajstić information content (AvgIpc) is 2.95. The third-order valence-electron chi connectivity index (χ3n) is 4.96. The van der Waals surface area contributed by atoms with Crippen LogP contribution in [0, 0.1) is 24.7 Å². The highest BCUT2D eigenvalue weighted by Crippen LogP contribution is 2.49. The quantitative estimate of drug-likeness (QED) is 0.896. The SMILES string of the molecule is C/C=C\c1c(C)ccnc1C(C)(C)NC(=O)C1C2CNCC21. The van der Waals surface area contributed by atoms with E-state index in [9.17, 15) is 4.79 Å². The van der Waals surface area contributed by atoms with Crippen LogP contribution in [0.5, 0.6) is 0 Å². The standard InChI is InChI=1S/C18H25N3O/c1-5-6-12-11(2)7-8-20-16(12)18(3,4)21-17(22)15-13-9-19-10-14(13)15/h5-8,13-15,19H,9-10H2,1-4H3,(H,21,22)/b6-5-. The van der Waals surface area contributed by atoms with Gasteiger partial charge in [-0.15, -0.1) is 0 Å². The Kier molecular flexibility index (Phi) is 3.81. The van der Waals surface area contributed by atoms with Gasteiger partial charge in [0.1, 0.15) is 0 Å². The van der Waals surface area contributed by atoms with Crippen LogP contribution in [0.2, 0.25) is 0 Å². The summed E-state index contributed by atoms with van der Waals surface area (Å²) in [5.41, 5.74) is 2.75. The van der Waals surface area contributed by atoms with Crippen LogP contribution in [0.25, 0.3) is 6.08 Å². The Labute approximate surface area is 132 Å². The second kappa shape index (κ2) is 5.51. The minimum absolute atomic E-state index is 0.177. The summed E-state index contributed by atoms with van der Waals surface area (Å²) in [6, 6.07) is 2.01. The van der Waals surface area contributed by atoms with Crippen molar-refractivity contribution in [2.24, 2.45) is 17.8 Å². The maximum absolute atomic E-state index is 12.6. The molecule has 2 atom stereocenters. The van der Waals surface area contributed by atoms with Gasteiger partial charge in [-0.2, -0.15) is 0 Å². The molecule has 1 amide bonds. The number of aromatic nitrogens is 1. The number of carbonyl (C=O) groups excluding carboxylic acids is 1. The second-order valence-corrected chi connectivity index (χ2v) is 7.02. The summed E-state index contributed by atoms with van der Waals surface area (Å²) in [4.78, 5) is 17.1. The number of amides is 1. The van der Waals surface area contributed by atoms with E-state index in [2.05, 4.69) is 28.6 Å². The van der Waals surface area contributed by atoms with Crippen LogP contribution in [-0.2, 0) is 10.3 Å². The zero-order valence-electron chi connectivity index (χ0n) is 13.8. The van der Waals surface area contributed by atoms with Crippen molar-refractivity contribution in [3.63, 3.8) is 0 Å². The Bertz CT molecular complexity index is 611. The van der Waals surface area contributed by atoms with Crippen molar-refractivity contribution < 1.29 is 4.79 Å². The number of nitrogens with zero attached hydrogens (tertiary/aromatic N) is 1. The number of hydrogen-bond donors (Lipinski definition) is 2. The second-order valence-electron chi connectivity index (χ2n) is 7.02. The molecule has 1 aromatic heterocycles. The van der Waals surface area contributed by atoms with E-state index in [0.717, 1.165) is 24.3 Å². The minimum atomic E-state index is -0.470. The predicted octanol–water partition coefficient (Wildman–Crippen LogP) is 2.24. The number of carbonyl (C=O) groups is 1.